The van der Waals surface area contributed by atoms with Crippen molar-refractivity contribution in [2.45, 2.75) is 0 Å². The molecule has 0 aliphatic heterocycles. The van der Waals surface area contributed by atoms with Crippen molar-refractivity contribution in [3.8, 4) is 6.07 Å². The summed E-state index contributed by atoms with van der Waals surface area (Å²) in [5.74, 6) is -0.813. The van der Waals surface area contributed by atoms with E-state index in [1.54, 1.807) is 18.2 Å². The first-order valence-corrected chi connectivity index (χ1v) is 5.44. The number of anilines is 1. The van der Waals surface area contributed by atoms with Crippen LogP contribution in [0.5, 0.6) is 0 Å². The Balaban J connectivity index is 2.95. The minimum atomic E-state index is -0.992. The van der Waals surface area contributed by atoms with Crippen molar-refractivity contribution in [3.63, 3.8) is 0 Å². The molecular weight excluding hydrogens is 244 g/mol. The number of urea groups is 1. The molecule has 0 unspecified atom stereocenters. The number of nitrogens with one attached hydrogen (secondary N) is 1. The lowest BCUT2D eigenvalue weighted by atomic mass is 10.1. The molecule has 1 aromatic rings. The van der Waals surface area contributed by atoms with Crippen LogP contribution in [0, 0.1) is 11.3 Å². The number of nitriles is 1. The summed E-state index contributed by atoms with van der Waals surface area (Å²) in [4.78, 5) is 23.9. The molecule has 0 spiro atoms. The number of rotatable bonds is 3. The summed E-state index contributed by atoms with van der Waals surface area (Å²) in [6.07, 6.45) is 1.39. The quantitative estimate of drug-likeness (QED) is 0.620. The molecule has 3 N–H and O–H groups in total. The Kier molecular flexibility index (Phi) is 4.66. The fraction of sp³-hybridized carbons (Fsp3) is 0.154. The summed E-state index contributed by atoms with van der Waals surface area (Å²) in [5.41, 5.74) is 6.32. The third-order valence-corrected chi connectivity index (χ3v) is 2.32. The molecule has 0 radical (unpaired) electrons. The lowest BCUT2D eigenvalue weighted by molar-refractivity contribution is -0.115. The normalized spacial score (nSPS) is 10.5. The number of carbonyl (C=O) groups is 2. The Morgan fingerprint density at radius 2 is 1.89 bits per heavy atom. The highest BCUT2D eigenvalue weighted by Gasteiger charge is 2.10. The zero-order valence-electron chi connectivity index (χ0n) is 10.7. The first kappa shape index (κ1) is 14.3. The van der Waals surface area contributed by atoms with Crippen LogP contribution in [0.1, 0.15) is 5.56 Å². The molecule has 0 fully saturated rings. The summed E-state index contributed by atoms with van der Waals surface area (Å²) in [6, 6.07) is 7.98. The number of benzene rings is 1. The van der Waals surface area contributed by atoms with Gasteiger partial charge in [-0.2, -0.15) is 5.26 Å². The van der Waals surface area contributed by atoms with Crippen LogP contribution in [0.4, 0.5) is 10.5 Å². The highest BCUT2D eigenvalue weighted by atomic mass is 16.2. The summed E-state index contributed by atoms with van der Waals surface area (Å²) in [6.45, 7) is 0. The van der Waals surface area contributed by atoms with Gasteiger partial charge < -0.3 is 10.6 Å². The molecule has 6 heteroatoms. The predicted molar refractivity (Wildman–Crippen MR) is 72.1 cm³/mol. The summed E-state index contributed by atoms with van der Waals surface area (Å²) in [7, 11) is 3.82. The molecule has 6 nitrogen and oxygen atoms in total. The predicted octanol–water partition coefficient (Wildman–Crippen LogP) is 0.854. The summed E-state index contributed by atoms with van der Waals surface area (Å²) in [5, 5.41) is 10.7. The van der Waals surface area contributed by atoms with Gasteiger partial charge in [0.15, 0.2) is 0 Å². The zero-order valence-corrected chi connectivity index (χ0v) is 10.7. The van der Waals surface area contributed by atoms with Crippen LogP contribution in [-0.4, -0.2) is 26.0 Å². The van der Waals surface area contributed by atoms with Crippen LogP contribution < -0.4 is 16.0 Å². The molecule has 0 aliphatic carbocycles. The Morgan fingerprint density at radius 3 is 2.32 bits per heavy atom. The Hall–Kier alpha value is -2.81. The van der Waals surface area contributed by atoms with Crippen molar-refractivity contribution in [2.24, 2.45) is 5.73 Å². The van der Waals surface area contributed by atoms with Crippen LogP contribution in [-0.2, 0) is 4.79 Å². The van der Waals surface area contributed by atoms with Gasteiger partial charge in [0.1, 0.15) is 11.6 Å². The van der Waals surface area contributed by atoms with Crippen LogP contribution in [0.25, 0.3) is 6.08 Å². The molecule has 0 aliphatic rings. The number of nitrogens with two attached hydrogens (primary N) is 1. The third kappa shape index (κ3) is 4.16. The average molecular weight is 258 g/mol. The highest BCUT2D eigenvalue weighted by molar-refractivity contribution is 6.08. The van der Waals surface area contributed by atoms with Gasteiger partial charge in [-0.25, -0.2) is 4.79 Å². The number of carbonyl (C=O) groups excluding carboxylic acids is 2. The second-order valence-electron chi connectivity index (χ2n) is 3.97. The molecule has 0 saturated heterocycles. The van der Waals surface area contributed by atoms with Crippen LogP contribution in [0.15, 0.2) is 29.8 Å². The highest BCUT2D eigenvalue weighted by Crippen LogP contribution is 2.14. The second-order valence-corrected chi connectivity index (χ2v) is 3.97. The Labute approximate surface area is 111 Å². The summed E-state index contributed by atoms with van der Waals surface area (Å²) >= 11 is 0. The van der Waals surface area contributed by atoms with Crippen molar-refractivity contribution in [1.29, 1.82) is 5.26 Å². The first-order chi connectivity index (χ1) is 8.93. The molecule has 1 rings (SSSR count). The van der Waals surface area contributed by atoms with Gasteiger partial charge >= 0.3 is 6.03 Å². The number of primary amides is 1. The molecule has 3 amide bonds. The minimum Gasteiger partial charge on any atom is -0.378 e. The largest absolute Gasteiger partial charge is 0.378 e. The van der Waals surface area contributed by atoms with Crippen molar-refractivity contribution < 1.29 is 9.59 Å². The number of amides is 3. The van der Waals surface area contributed by atoms with E-state index in [0.717, 1.165) is 5.69 Å². The van der Waals surface area contributed by atoms with E-state index in [1.807, 2.05) is 36.4 Å². The van der Waals surface area contributed by atoms with Crippen molar-refractivity contribution in [1.82, 2.24) is 5.32 Å². The van der Waals surface area contributed by atoms with Gasteiger partial charge in [-0.15, -0.1) is 0 Å². The molecule has 1 aromatic carbocycles. The van der Waals surface area contributed by atoms with E-state index in [0.29, 0.717) is 5.56 Å². The SMILES string of the molecule is CN(C)c1ccc(/C=C(/C#N)C(=O)NC(N)=O)cc1. The Morgan fingerprint density at radius 1 is 1.32 bits per heavy atom. The van der Waals surface area contributed by atoms with E-state index in [9.17, 15) is 9.59 Å². The maximum atomic E-state index is 11.5. The Bertz CT molecular complexity index is 553. The fourth-order valence-electron chi connectivity index (χ4n) is 1.36. The van der Waals surface area contributed by atoms with Crippen molar-refractivity contribution >= 4 is 23.7 Å². The lowest BCUT2D eigenvalue weighted by Gasteiger charge is -2.11. The van der Waals surface area contributed by atoms with E-state index in [4.69, 9.17) is 11.0 Å². The standard InChI is InChI=1S/C13H14N4O2/c1-17(2)11-5-3-9(4-6-11)7-10(8-14)12(18)16-13(15)19/h3-7H,1-2H3,(H3,15,16,18,19)/b10-7-. The molecule has 0 saturated carbocycles. The molecule has 0 atom stereocenters. The van der Waals surface area contributed by atoms with Gasteiger partial charge in [-0.1, -0.05) is 12.1 Å². The number of hydrogen-bond donors (Lipinski definition) is 2. The number of imide groups is 1. The fourth-order valence-corrected chi connectivity index (χ4v) is 1.36. The monoisotopic (exact) mass is 258 g/mol. The third-order valence-electron chi connectivity index (χ3n) is 2.32. The topological polar surface area (TPSA) is 99.2 Å². The first-order valence-electron chi connectivity index (χ1n) is 5.44. The lowest BCUT2D eigenvalue weighted by Crippen LogP contribution is -2.35. The summed E-state index contributed by atoms with van der Waals surface area (Å²) < 4.78 is 0. The molecule has 0 heterocycles. The number of nitrogens with zero attached hydrogens (tertiary/aromatic N) is 2. The van der Waals surface area contributed by atoms with Crippen LogP contribution >= 0.6 is 0 Å². The van der Waals surface area contributed by atoms with Gasteiger partial charge in [0.05, 0.1) is 0 Å². The van der Waals surface area contributed by atoms with E-state index in [-0.39, 0.29) is 5.57 Å². The van der Waals surface area contributed by atoms with Crippen molar-refractivity contribution in [2.75, 3.05) is 19.0 Å². The minimum absolute atomic E-state index is 0.184. The molecule has 19 heavy (non-hydrogen) atoms. The van der Waals surface area contributed by atoms with E-state index in [1.165, 1.54) is 6.08 Å². The second kappa shape index (κ2) is 6.21. The van der Waals surface area contributed by atoms with Crippen LogP contribution in [0.2, 0.25) is 0 Å². The van der Waals surface area contributed by atoms with E-state index in [2.05, 4.69) is 0 Å². The van der Waals surface area contributed by atoms with Gasteiger partial charge in [0.25, 0.3) is 5.91 Å². The molecule has 0 aromatic heterocycles. The maximum absolute atomic E-state index is 11.5. The van der Waals surface area contributed by atoms with Gasteiger partial charge in [0, 0.05) is 19.8 Å². The van der Waals surface area contributed by atoms with Crippen molar-refractivity contribution in [3.05, 3.63) is 35.4 Å². The van der Waals surface area contributed by atoms with Gasteiger partial charge in [-0.3, -0.25) is 10.1 Å². The molecule has 0 bridgehead atoms. The zero-order chi connectivity index (χ0) is 14.4. The van der Waals surface area contributed by atoms with Gasteiger partial charge in [0.2, 0.25) is 0 Å². The average Bonchev–Trinajstić information content (AvgIpc) is 2.35. The van der Waals surface area contributed by atoms with Gasteiger partial charge in [-0.05, 0) is 23.8 Å². The molecule has 98 valence electrons. The van der Waals surface area contributed by atoms with E-state index < -0.39 is 11.9 Å². The smallest absolute Gasteiger partial charge is 0.319 e. The van der Waals surface area contributed by atoms with E-state index >= 15 is 0 Å². The molecular formula is C13H14N4O2. The maximum Gasteiger partial charge on any atom is 0.319 e. The number of hydrogen-bond acceptors (Lipinski definition) is 4. The van der Waals surface area contributed by atoms with Crippen LogP contribution in [0.3, 0.4) is 0 Å².